The molecule has 0 aliphatic heterocycles. The molecular weight excluding hydrogens is 278 g/mol. The maximum atomic E-state index is 11.0. The minimum Gasteiger partial charge on any atom is -0.481 e. The average molecular weight is 292 g/mol. The van der Waals surface area contributed by atoms with Crippen LogP contribution >= 0.6 is 11.6 Å². The summed E-state index contributed by atoms with van der Waals surface area (Å²) < 4.78 is 0. The lowest BCUT2D eigenvalue weighted by atomic mass is 10.0. The number of hydrogen-bond donors (Lipinski definition) is 2. The zero-order valence-corrected chi connectivity index (χ0v) is 11.6. The van der Waals surface area contributed by atoms with Crippen molar-refractivity contribution < 1.29 is 9.90 Å². The smallest absolute Gasteiger partial charge is 0.305 e. The molecule has 104 valence electrons. The van der Waals surface area contributed by atoms with E-state index in [-0.39, 0.29) is 6.42 Å². The third-order valence-corrected chi connectivity index (χ3v) is 3.03. The zero-order valence-electron chi connectivity index (χ0n) is 10.9. The molecule has 20 heavy (non-hydrogen) atoms. The fourth-order valence-corrected chi connectivity index (χ4v) is 1.98. The molecule has 5 nitrogen and oxygen atoms in total. The normalized spacial score (nSPS) is 11.9. The van der Waals surface area contributed by atoms with Crippen LogP contribution < -0.4 is 5.32 Å². The first-order valence-corrected chi connectivity index (χ1v) is 6.46. The van der Waals surface area contributed by atoms with Crippen LogP contribution in [0.3, 0.4) is 0 Å². The van der Waals surface area contributed by atoms with Crippen LogP contribution in [-0.2, 0) is 4.79 Å². The number of carboxylic acids is 1. The molecule has 6 heteroatoms. The van der Waals surface area contributed by atoms with E-state index in [1.165, 1.54) is 6.20 Å². The second-order valence-electron chi connectivity index (χ2n) is 4.32. The first-order chi connectivity index (χ1) is 9.56. The van der Waals surface area contributed by atoms with E-state index < -0.39 is 12.0 Å². The summed E-state index contributed by atoms with van der Waals surface area (Å²) in [6, 6.07) is 8.92. The van der Waals surface area contributed by atoms with E-state index in [2.05, 4.69) is 15.3 Å². The molecule has 1 aromatic carbocycles. The van der Waals surface area contributed by atoms with E-state index in [0.717, 1.165) is 5.56 Å². The highest BCUT2D eigenvalue weighted by atomic mass is 35.5. The third kappa shape index (κ3) is 3.68. The average Bonchev–Trinajstić information content (AvgIpc) is 2.42. The van der Waals surface area contributed by atoms with Crippen LogP contribution in [0.15, 0.2) is 36.5 Å². The minimum absolute atomic E-state index is 0.0661. The SMILES string of the molecule is Cc1ncc(Cl)c(NC(CC(=O)O)c2ccccc2)n1. The Kier molecular flexibility index (Phi) is 4.53. The molecule has 2 rings (SSSR count). The highest BCUT2D eigenvalue weighted by molar-refractivity contribution is 6.32. The summed E-state index contributed by atoms with van der Waals surface area (Å²) in [7, 11) is 0. The fourth-order valence-electron chi connectivity index (χ4n) is 1.83. The molecule has 0 bridgehead atoms. The minimum atomic E-state index is -0.895. The van der Waals surface area contributed by atoms with Gasteiger partial charge in [0.1, 0.15) is 16.7 Å². The summed E-state index contributed by atoms with van der Waals surface area (Å²) in [5.74, 6) is 0.113. The van der Waals surface area contributed by atoms with Crippen LogP contribution in [0.25, 0.3) is 0 Å². The number of carbonyl (C=O) groups is 1. The number of benzene rings is 1. The molecule has 1 aromatic heterocycles. The third-order valence-electron chi connectivity index (χ3n) is 2.76. The molecule has 0 radical (unpaired) electrons. The maximum absolute atomic E-state index is 11.0. The Bertz CT molecular complexity index is 605. The quantitative estimate of drug-likeness (QED) is 0.885. The van der Waals surface area contributed by atoms with Gasteiger partial charge in [-0.05, 0) is 12.5 Å². The van der Waals surface area contributed by atoms with Gasteiger partial charge in [-0.15, -0.1) is 0 Å². The van der Waals surface area contributed by atoms with Gasteiger partial charge in [0.25, 0.3) is 0 Å². The highest BCUT2D eigenvalue weighted by Crippen LogP contribution is 2.26. The number of anilines is 1. The van der Waals surface area contributed by atoms with Gasteiger partial charge in [-0.25, -0.2) is 9.97 Å². The predicted octanol–water partition coefficient (Wildman–Crippen LogP) is 3.07. The Hall–Kier alpha value is -2.14. The molecule has 0 amide bonds. The Morgan fingerprint density at radius 1 is 1.40 bits per heavy atom. The van der Waals surface area contributed by atoms with Crippen LogP contribution in [0, 0.1) is 6.92 Å². The van der Waals surface area contributed by atoms with E-state index in [9.17, 15) is 4.79 Å². The van der Waals surface area contributed by atoms with E-state index in [1.54, 1.807) is 6.92 Å². The molecule has 0 spiro atoms. The molecule has 0 saturated carbocycles. The monoisotopic (exact) mass is 291 g/mol. The number of hydrogen-bond acceptors (Lipinski definition) is 4. The second-order valence-corrected chi connectivity index (χ2v) is 4.73. The summed E-state index contributed by atoms with van der Waals surface area (Å²) in [6.45, 7) is 1.75. The number of nitrogens with one attached hydrogen (secondary N) is 1. The lowest BCUT2D eigenvalue weighted by molar-refractivity contribution is -0.137. The molecule has 0 saturated heterocycles. The van der Waals surface area contributed by atoms with Crippen molar-refractivity contribution in [2.75, 3.05) is 5.32 Å². The Morgan fingerprint density at radius 2 is 2.10 bits per heavy atom. The number of aliphatic carboxylic acids is 1. The van der Waals surface area contributed by atoms with Crippen LogP contribution in [0.4, 0.5) is 5.82 Å². The Labute approximate surface area is 121 Å². The van der Waals surface area contributed by atoms with Gasteiger partial charge in [0.2, 0.25) is 0 Å². The van der Waals surface area contributed by atoms with E-state index in [1.807, 2.05) is 30.3 Å². The van der Waals surface area contributed by atoms with Crippen LogP contribution in [0.1, 0.15) is 23.9 Å². The molecular formula is C14H14ClN3O2. The topological polar surface area (TPSA) is 75.1 Å². The van der Waals surface area contributed by atoms with Crippen LogP contribution in [-0.4, -0.2) is 21.0 Å². The number of aryl methyl sites for hydroxylation is 1. The Morgan fingerprint density at radius 3 is 2.75 bits per heavy atom. The summed E-state index contributed by atoms with van der Waals surface area (Å²) in [5, 5.41) is 12.5. The summed E-state index contributed by atoms with van der Waals surface area (Å²) in [6.07, 6.45) is 1.43. The van der Waals surface area contributed by atoms with Gasteiger partial charge in [-0.3, -0.25) is 4.79 Å². The first kappa shape index (κ1) is 14.3. The number of halogens is 1. The number of nitrogens with zero attached hydrogens (tertiary/aromatic N) is 2. The number of aromatic nitrogens is 2. The highest BCUT2D eigenvalue weighted by Gasteiger charge is 2.17. The molecule has 0 fully saturated rings. The summed E-state index contributed by atoms with van der Waals surface area (Å²) in [5.41, 5.74) is 0.863. The van der Waals surface area contributed by atoms with Gasteiger partial charge in [0.15, 0.2) is 0 Å². The first-order valence-electron chi connectivity index (χ1n) is 6.08. The van der Waals surface area contributed by atoms with Crippen molar-refractivity contribution in [3.05, 3.63) is 52.9 Å². The van der Waals surface area contributed by atoms with Crippen molar-refractivity contribution in [3.8, 4) is 0 Å². The molecule has 2 N–H and O–H groups in total. The number of rotatable bonds is 5. The molecule has 1 heterocycles. The standard InChI is InChI=1S/C14H14ClN3O2/c1-9-16-8-11(15)14(17-9)18-12(7-13(19)20)10-5-3-2-4-6-10/h2-6,8,12H,7H2,1H3,(H,19,20)(H,16,17,18). The molecule has 1 atom stereocenters. The molecule has 1 unspecified atom stereocenters. The van der Waals surface area contributed by atoms with Crippen molar-refractivity contribution in [1.29, 1.82) is 0 Å². The lowest BCUT2D eigenvalue weighted by Gasteiger charge is -2.18. The van der Waals surface area contributed by atoms with E-state index in [0.29, 0.717) is 16.7 Å². The predicted molar refractivity (Wildman–Crippen MR) is 76.8 cm³/mol. The molecule has 2 aromatic rings. The van der Waals surface area contributed by atoms with Crippen molar-refractivity contribution >= 4 is 23.4 Å². The summed E-state index contributed by atoms with van der Waals surface area (Å²) >= 11 is 6.03. The molecule has 0 aliphatic rings. The van der Waals surface area contributed by atoms with Crippen molar-refractivity contribution in [3.63, 3.8) is 0 Å². The van der Waals surface area contributed by atoms with Gasteiger partial charge in [-0.1, -0.05) is 41.9 Å². The fraction of sp³-hybridized carbons (Fsp3) is 0.214. The maximum Gasteiger partial charge on any atom is 0.305 e. The Balaban J connectivity index is 2.28. The molecule has 0 aliphatic carbocycles. The van der Waals surface area contributed by atoms with E-state index in [4.69, 9.17) is 16.7 Å². The van der Waals surface area contributed by atoms with Gasteiger partial charge < -0.3 is 10.4 Å². The largest absolute Gasteiger partial charge is 0.481 e. The second kappa shape index (κ2) is 6.34. The van der Waals surface area contributed by atoms with E-state index >= 15 is 0 Å². The van der Waals surface area contributed by atoms with Crippen molar-refractivity contribution in [2.24, 2.45) is 0 Å². The van der Waals surface area contributed by atoms with Gasteiger partial charge >= 0.3 is 5.97 Å². The number of carboxylic acid groups (broad SMARTS) is 1. The lowest BCUT2D eigenvalue weighted by Crippen LogP contribution is -2.16. The zero-order chi connectivity index (χ0) is 14.5. The summed E-state index contributed by atoms with van der Waals surface area (Å²) in [4.78, 5) is 19.2. The van der Waals surface area contributed by atoms with Gasteiger partial charge in [0, 0.05) is 0 Å². The van der Waals surface area contributed by atoms with Crippen LogP contribution in [0.5, 0.6) is 0 Å². The van der Waals surface area contributed by atoms with Crippen molar-refractivity contribution in [1.82, 2.24) is 9.97 Å². The van der Waals surface area contributed by atoms with Gasteiger partial charge in [-0.2, -0.15) is 0 Å². The van der Waals surface area contributed by atoms with Crippen molar-refractivity contribution in [2.45, 2.75) is 19.4 Å². The van der Waals surface area contributed by atoms with Crippen LogP contribution in [0.2, 0.25) is 5.02 Å². The van der Waals surface area contributed by atoms with Gasteiger partial charge in [0.05, 0.1) is 18.7 Å².